The largest absolute Gasteiger partial charge is 0.294 e. The topological polar surface area (TPSA) is 54.5 Å². The first-order valence-corrected chi connectivity index (χ1v) is 6.11. The van der Waals surface area contributed by atoms with E-state index in [4.69, 9.17) is 0 Å². The van der Waals surface area contributed by atoms with Crippen LogP contribution < -0.4 is 4.90 Å². The van der Waals surface area contributed by atoms with Gasteiger partial charge in [0.25, 0.3) is 0 Å². The lowest BCUT2D eigenvalue weighted by Crippen LogP contribution is -2.35. The molecule has 0 saturated heterocycles. The third-order valence-electron chi connectivity index (χ3n) is 2.70. The van der Waals surface area contributed by atoms with E-state index in [1.807, 2.05) is 0 Å². The van der Waals surface area contributed by atoms with Gasteiger partial charge in [0.2, 0.25) is 11.8 Å². The van der Waals surface area contributed by atoms with Crippen molar-refractivity contribution in [3.8, 4) is 0 Å². The van der Waals surface area contributed by atoms with Gasteiger partial charge < -0.3 is 0 Å². The lowest BCUT2D eigenvalue weighted by atomic mass is 9.85. The summed E-state index contributed by atoms with van der Waals surface area (Å²) in [6.07, 6.45) is 0. The SMILES string of the molecule is CC(=O)N(C(C)=O)c1ccccc1C(=O)C(C)(C)C. The summed E-state index contributed by atoms with van der Waals surface area (Å²) in [6, 6.07) is 6.68. The third-order valence-corrected chi connectivity index (χ3v) is 2.70. The van der Waals surface area contributed by atoms with Crippen LogP contribution in [0.1, 0.15) is 45.0 Å². The molecule has 1 rings (SSSR count). The molecule has 0 unspecified atom stereocenters. The number of rotatable bonds is 2. The van der Waals surface area contributed by atoms with Crippen molar-refractivity contribution >= 4 is 23.3 Å². The van der Waals surface area contributed by atoms with E-state index < -0.39 is 17.2 Å². The summed E-state index contributed by atoms with van der Waals surface area (Å²) >= 11 is 0. The molecule has 0 saturated carbocycles. The van der Waals surface area contributed by atoms with Gasteiger partial charge in [-0.25, -0.2) is 0 Å². The van der Waals surface area contributed by atoms with Crippen molar-refractivity contribution < 1.29 is 14.4 Å². The van der Waals surface area contributed by atoms with Crippen molar-refractivity contribution in [1.29, 1.82) is 0 Å². The Morgan fingerprint density at radius 3 is 1.84 bits per heavy atom. The Hall–Kier alpha value is -1.97. The van der Waals surface area contributed by atoms with Crippen molar-refractivity contribution in [1.82, 2.24) is 0 Å². The first-order chi connectivity index (χ1) is 8.66. The molecule has 0 fully saturated rings. The van der Waals surface area contributed by atoms with Gasteiger partial charge in [0.15, 0.2) is 5.78 Å². The fourth-order valence-corrected chi connectivity index (χ4v) is 1.83. The molecule has 0 spiro atoms. The van der Waals surface area contributed by atoms with E-state index in [2.05, 4.69) is 0 Å². The maximum atomic E-state index is 12.4. The number of carbonyl (C=O) groups is 3. The van der Waals surface area contributed by atoms with Crippen molar-refractivity contribution in [3.63, 3.8) is 0 Å². The minimum Gasteiger partial charge on any atom is -0.294 e. The Morgan fingerprint density at radius 2 is 1.42 bits per heavy atom. The molecule has 0 aliphatic heterocycles. The highest BCUT2D eigenvalue weighted by Gasteiger charge is 2.28. The van der Waals surface area contributed by atoms with Gasteiger partial charge in [-0.3, -0.25) is 19.3 Å². The number of hydrogen-bond acceptors (Lipinski definition) is 3. The molecule has 102 valence electrons. The second kappa shape index (κ2) is 5.34. The van der Waals surface area contributed by atoms with Crippen LogP contribution in [0.3, 0.4) is 0 Å². The average molecular weight is 261 g/mol. The van der Waals surface area contributed by atoms with Crippen molar-refractivity contribution in [2.24, 2.45) is 5.41 Å². The molecule has 4 heteroatoms. The van der Waals surface area contributed by atoms with E-state index >= 15 is 0 Å². The molecule has 1 aromatic rings. The van der Waals surface area contributed by atoms with Crippen LogP contribution in [-0.2, 0) is 9.59 Å². The van der Waals surface area contributed by atoms with Gasteiger partial charge in [0.1, 0.15) is 0 Å². The van der Waals surface area contributed by atoms with Crippen LogP contribution >= 0.6 is 0 Å². The van der Waals surface area contributed by atoms with Gasteiger partial charge in [-0.1, -0.05) is 32.9 Å². The van der Waals surface area contributed by atoms with Gasteiger partial charge in [-0.2, -0.15) is 0 Å². The van der Waals surface area contributed by atoms with Crippen LogP contribution in [0.2, 0.25) is 0 Å². The van der Waals surface area contributed by atoms with E-state index in [-0.39, 0.29) is 5.78 Å². The molecule has 0 radical (unpaired) electrons. The maximum absolute atomic E-state index is 12.4. The van der Waals surface area contributed by atoms with Gasteiger partial charge in [-0.15, -0.1) is 0 Å². The molecule has 19 heavy (non-hydrogen) atoms. The summed E-state index contributed by atoms with van der Waals surface area (Å²) in [5.74, 6) is -0.904. The zero-order valence-electron chi connectivity index (χ0n) is 12.0. The Balaban J connectivity index is 3.41. The molecule has 4 nitrogen and oxygen atoms in total. The van der Waals surface area contributed by atoms with Crippen LogP contribution in [-0.4, -0.2) is 17.6 Å². The number of amides is 2. The first-order valence-electron chi connectivity index (χ1n) is 6.11. The van der Waals surface area contributed by atoms with Crippen molar-refractivity contribution in [2.75, 3.05) is 4.90 Å². The van der Waals surface area contributed by atoms with E-state index in [9.17, 15) is 14.4 Å². The zero-order valence-corrected chi connectivity index (χ0v) is 12.0. The van der Waals surface area contributed by atoms with Gasteiger partial charge in [-0.05, 0) is 12.1 Å². The minimum atomic E-state index is -0.574. The van der Waals surface area contributed by atoms with Gasteiger partial charge in [0, 0.05) is 24.8 Å². The van der Waals surface area contributed by atoms with Crippen LogP contribution in [0.25, 0.3) is 0 Å². The monoisotopic (exact) mass is 261 g/mol. The van der Waals surface area contributed by atoms with E-state index in [0.717, 1.165) is 4.90 Å². The highest BCUT2D eigenvalue weighted by molar-refractivity contribution is 6.17. The highest BCUT2D eigenvalue weighted by atomic mass is 16.2. The van der Waals surface area contributed by atoms with Gasteiger partial charge >= 0.3 is 0 Å². The number of para-hydroxylation sites is 1. The standard InChI is InChI=1S/C15H19NO3/c1-10(17)16(11(2)18)13-9-7-6-8-12(13)14(19)15(3,4)5/h6-9H,1-5H3. The number of nitrogens with zero attached hydrogens (tertiary/aromatic N) is 1. The summed E-state index contributed by atoms with van der Waals surface area (Å²) in [4.78, 5) is 36.6. The number of imide groups is 1. The molecule has 1 aromatic carbocycles. The van der Waals surface area contributed by atoms with Crippen LogP contribution in [0, 0.1) is 5.41 Å². The predicted molar refractivity (Wildman–Crippen MR) is 74.1 cm³/mol. The van der Waals surface area contributed by atoms with Crippen LogP contribution in [0.5, 0.6) is 0 Å². The summed E-state index contributed by atoms with van der Waals surface area (Å²) < 4.78 is 0. The predicted octanol–water partition coefficient (Wildman–Crippen LogP) is 2.81. The fourth-order valence-electron chi connectivity index (χ4n) is 1.83. The average Bonchev–Trinajstić information content (AvgIpc) is 2.26. The number of anilines is 1. The Kier molecular flexibility index (Phi) is 4.24. The molecule has 0 bridgehead atoms. The smallest absolute Gasteiger partial charge is 0.230 e. The number of Topliss-reactive ketones (excluding diaryl/α,β-unsaturated/α-hetero) is 1. The first kappa shape index (κ1) is 15.1. The summed E-state index contributed by atoms with van der Waals surface area (Å²) in [5.41, 5.74) is 0.165. The fraction of sp³-hybridized carbons (Fsp3) is 0.400. The van der Waals surface area contributed by atoms with Gasteiger partial charge in [0.05, 0.1) is 5.69 Å². The quantitative estimate of drug-likeness (QED) is 0.769. The zero-order chi connectivity index (χ0) is 14.8. The molecule has 0 aromatic heterocycles. The maximum Gasteiger partial charge on any atom is 0.230 e. The molecule has 0 N–H and O–H groups in total. The van der Waals surface area contributed by atoms with Crippen molar-refractivity contribution in [3.05, 3.63) is 29.8 Å². The molecular formula is C15H19NO3. The summed E-state index contributed by atoms with van der Waals surface area (Å²) in [5, 5.41) is 0. The summed E-state index contributed by atoms with van der Waals surface area (Å²) in [7, 11) is 0. The molecule has 0 atom stereocenters. The second-order valence-electron chi connectivity index (χ2n) is 5.47. The number of hydrogen-bond donors (Lipinski definition) is 0. The number of ketones is 1. The number of benzene rings is 1. The normalized spacial score (nSPS) is 11.0. The molecule has 0 aliphatic rings. The lowest BCUT2D eigenvalue weighted by molar-refractivity contribution is -0.124. The second-order valence-corrected chi connectivity index (χ2v) is 5.47. The Bertz CT molecular complexity index is 512. The molecule has 0 heterocycles. The van der Waals surface area contributed by atoms with Crippen LogP contribution in [0.15, 0.2) is 24.3 Å². The van der Waals surface area contributed by atoms with E-state index in [1.165, 1.54) is 13.8 Å². The van der Waals surface area contributed by atoms with Crippen LogP contribution in [0.4, 0.5) is 5.69 Å². The van der Waals surface area contributed by atoms with Crippen molar-refractivity contribution in [2.45, 2.75) is 34.6 Å². The van der Waals surface area contributed by atoms with E-state index in [1.54, 1.807) is 45.0 Å². The minimum absolute atomic E-state index is 0.101. The lowest BCUT2D eigenvalue weighted by Gasteiger charge is -2.23. The molecular weight excluding hydrogens is 242 g/mol. The van der Waals surface area contributed by atoms with E-state index in [0.29, 0.717) is 11.3 Å². The molecule has 2 amide bonds. The Labute approximate surface area is 113 Å². The summed E-state index contributed by atoms with van der Waals surface area (Å²) in [6.45, 7) is 8.02. The Morgan fingerprint density at radius 1 is 0.947 bits per heavy atom. The number of carbonyl (C=O) groups excluding carboxylic acids is 3. The molecule has 0 aliphatic carbocycles. The third kappa shape index (κ3) is 3.28. The highest BCUT2D eigenvalue weighted by Crippen LogP contribution is 2.28.